The fourth-order valence-corrected chi connectivity index (χ4v) is 3.56. The van der Waals surface area contributed by atoms with Crippen LogP contribution in [0.1, 0.15) is 43.7 Å². The van der Waals surface area contributed by atoms with Crippen LogP contribution in [0.4, 0.5) is 0 Å². The fourth-order valence-electron chi connectivity index (χ4n) is 2.85. The van der Waals surface area contributed by atoms with Gasteiger partial charge in [0.15, 0.2) is 5.17 Å². The molecule has 152 valence electrons. The van der Waals surface area contributed by atoms with Crippen molar-refractivity contribution in [2.75, 3.05) is 13.2 Å². The van der Waals surface area contributed by atoms with Crippen molar-refractivity contribution in [2.45, 2.75) is 32.6 Å². The van der Waals surface area contributed by atoms with Crippen LogP contribution < -0.4 is 14.8 Å². The Morgan fingerprint density at radius 2 is 1.83 bits per heavy atom. The SMILES string of the molecule is CCC(C)c1ccc(OCCCOc2cccc(/C=C3\SC(=N)NC3=O)c2)cc1. The van der Waals surface area contributed by atoms with Crippen LogP contribution in [0.5, 0.6) is 11.5 Å². The molecule has 0 aromatic heterocycles. The molecule has 0 aliphatic carbocycles. The molecule has 0 radical (unpaired) electrons. The molecule has 5 nitrogen and oxygen atoms in total. The maximum atomic E-state index is 11.7. The van der Waals surface area contributed by atoms with Crippen LogP contribution in [-0.2, 0) is 4.79 Å². The topological polar surface area (TPSA) is 71.4 Å². The standard InChI is InChI=1S/C23H26N2O3S/c1-3-16(2)18-8-10-19(11-9-18)27-12-5-13-28-20-7-4-6-17(14-20)15-21-22(26)25-23(24)29-21/h4,6-11,14-16H,3,5,12-13H2,1-2H3,(H2,24,25,26)/b21-15-. The number of amides is 1. The van der Waals surface area contributed by atoms with E-state index >= 15 is 0 Å². The molecule has 1 amide bonds. The summed E-state index contributed by atoms with van der Waals surface area (Å²) in [6, 6.07) is 15.9. The summed E-state index contributed by atoms with van der Waals surface area (Å²) in [6.07, 6.45) is 3.67. The van der Waals surface area contributed by atoms with E-state index in [1.807, 2.05) is 36.4 Å². The van der Waals surface area contributed by atoms with Gasteiger partial charge in [-0.3, -0.25) is 10.2 Å². The first-order chi connectivity index (χ1) is 14.0. The Hall–Kier alpha value is -2.73. The highest BCUT2D eigenvalue weighted by molar-refractivity contribution is 8.18. The molecule has 29 heavy (non-hydrogen) atoms. The largest absolute Gasteiger partial charge is 0.493 e. The number of thioether (sulfide) groups is 1. The van der Waals surface area contributed by atoms with Crippen LogP contribution in [0.3, 0.4) is 0 Å². The lowest BCUT2D eigenvalue weighted by molar-refractivity contribution is -0.115. The van der Waals surface area contributed by atoms with E-state index in [1.54, 1.807) is 6.08 Å². The lowest BCUT2D eigenvalue weighted by Gasteiger charge is -2.11. The van der Waals surface area contributed by atoms with Gasteiger partial charge in [0, 0.05) is 6.42 Å². The molecule has 0 spiro atoms. The van der Waals surface area contributed by atoms with Crippen molar-refractivity contribution in [1.29, 1.82) is 5.41 Å². The molecule has 3 rings (SSSR count). The normalized spacial score (nSPS) is 16.0. The summed E-state index contributed by atoms with van der Waals surface area (Å²) in [5.41, 5.74) is 2.20. The summed E-state index contributed by atoms with van der Waals surface area (Å²) >= 11 is 1.13. The molecule has 1 atom stereocenters. The first kappa shape index (κ1) is 21.0. The van der Waals surface area contributed by atoms with E-state index < -0.39 is 0 Å². The molecule has 1 aliphatic heterocycles. The number of carbonyl (C=O) groups excluding carboxylic acids is 1. The zero-order valence-electron chi connectivity index (χ0n) is 16.7. The van der Waals surface area contributed by atoms with Crippen LogP contribution in [-0.4, -0.2) is 24.3 Å². The summed E-state index contributed by atoms with van der Waals surface area (Å²) in [6.45, 7) is 5.55. The van der Waals surface area contributed by atoms with Crippen LogP contribution in [0.15, 0.2) is 53.4 Å². The van der Waals surface area contributed by atoms with Gasteiger partial charge in [0.25, 0.3) is 5.91 Å². The molecule has 1 fully saturated rings. The third-order valence-corrected chi connectivity index (χ3v) is 5.54. The van der Waals surface area contributed by atoms with Crippen molar-refractivity contribution >= 4 is 28.9 Å². The molecule has 1 saturated heterocycles. The Morgan fingerprint density at radius 3 is 2.48 bits per heavy atom. The van der Waals surface area contributed by atoms with Gasteiger partial charge in [-0.15, -0.1) is 0 Å². The number of carbonyl (C=O) groups is 1. The molecule has 0 bridgehead atoms. The van der Waals surface area contributed by atoms with Crippen molar-refractivity contribution < 1.29 is 14.3 Å². The molecule has 2 aromatic carbocycles. The van der Waals surface area contributed by atoms with E-state index in [9.17, 15) is 4.79 Å². The Bertz CT molecular complexity index is 893. The number of nitrogens with one attached hydrogen (secondary N) is 2. The number of rotatable bonds is 9. The minimum atomic E-state index is -0.236. The molecule has 1 heterocycles. The highest BCUT2D eigenvalue weighted by Crippen LogP contribution is 2.26. The molecule has 1 aliphatic rings. The van der Waals surface area contributed by atoms with E-state index in [-0.39, 0.29) is 11.1 Å². The van der Waals surface area contributed by atoms with Crippen molar-refractivity contribution in [3.05, 3.63) is 64.6 Å². The molecular formula is C23H26N2O3S. The molecule has 1 unspecified atom stereocenters. The zero-order chi connectivity index (χ0) is 20.6. The lowest BCUT2D eigenvalue weighted by atomic mass is 9.99. The Balaban J connectivity index is 1.43. The van der Waals surface area contributed by atoms with Gasteiger partial charge in [0.05, 0.1) is 18.1 Å². The number of benzene rings is 2. The highest BCUT2D eigenvalue weighted by Gasteiger charge is 2.22. The van der Waals surface area contributed by atoms with Gasteiger partial charge in [-0.05, 0) is 65.6 Å². The van der Waals surface area contributed by atoms with E-state index in [0.29, 0.717) is 24.0 Å². The van der Waals surface area contributed by atoms with Crippen LogP contribution in [0.2, 0.25) is 0 Å². The summed E-state index contributed by atoms with van der Waals surface area (Å²) in [5.74, 6) is 1.96. The predicted molar refractivity (Wildman–Crippen MR) is 119 cm³/mol. The van der Waals surface area contributed by atoms with E-state index in [1.165, 1.54) is 5.56 Å². The van der Waals surface area contributed by atoms with Crippen LogP contribution >= 0.6 is 11.8 Å². The van der Waals surface area contributed by atoms with Crippen molar-refractivity contribution in [3.63, 3.8) is 0 Å². The average molecular weight is 411 g/mol. The van der Waals surface area contributed by atoms with Gasteiger partial charge in [-0.25, -0.2) is 0 Å². The molecule has 6 heteroatoms. The van der Waals surface area contributed by atoms with Crippen molar-refractivity contribution in [1.82, 2.24) is 5.32 Å². The lowest BCUT2D eigenvalue weighted by Crippen LogP contribution is -2.18. The summed E-state index contributed by atoms with van der Waals surface area (Å²) in [4.78, 5) is 12.2. The second kappa shape index (κ2) is 10.2. The summed E-state index contributed by atoms with van der Waals surface area (Å²) in [7, 11) is 0. The Morgan fingerprint density at radius 1 is 1.10 bits per heavy atom. The molecule has 0 saturated carbocycles. The van der Waals surface area contributed by atoms with Gasteiger partial charge in [0.1, 0.15) is 11.5 Å². The Kier molecular flexibility index (Phi) is 7.36. The maximum Gasteiger partial charge on any atom is 0.264 e. The summed E-state index contributed by atoms with van der Waals surface area (Å²) < 4.78 is 11.6. The second-order valence-corrected chi connectivity index (χ2v) is 7.95. The van der Waals surface area contributed by atoms with E-state index in [2.05, 4.69) is 31.3 Å². The number of hydrogen-bond acceptors (Lipinski definition) is 5. The van der Waals surface area contributed by atoms with Gasteiger partial charge in [-0.1, -0.05) is 38.1 Å². The number of ether oxygens (including phenoxy) is 2. The number of amidine groups is 1. The molecule has 2 aromatic rings. The van der Waals surface area contributed by atoms with Crippen LogP contribution in [0, 0.1) is 5.41 Å². The quantitative estimate of drug-likeness (QED) is 0.441. The molecule has 2 N–H and O–H groups in total. The number of hydrogen-bond donors (Lipinski definition) is 2. The van der Waals surface area contributed by atoms with Gasteiger partial charge >= 0.3 is 0 Å². The summed E-state index contributed by atoms with van der Waals surface area (Å²) in [5, 5.41) is 10.1. The highest BCUT2D eigenvalue weighted by atomic mass is 32.2. The first-order valence-corrected chi connectivity index (χ1v) is 10.6. The van der Waals surface area contributed by atoms with Gasteiger partial charge in [0.2, 0.25) is 0 Å². The first-order valence-electron chi connectivity index (χ1n) is 9.80. The third-order valence-electron chi connectivity index (χ3n) is 4.71. The monoisotopic (exact) mass is 410 g/mol. The van der Waals surface area contributed by atoms with Crippen molar-refractivity contribution in [3.8, 4) is 11.5 Å². The molecular weight excluding hydrogens is 384 g/mol. The smallest absolute Gasteiger partial charge is 0.264 e. The maximum absolute atomic E-state index is 11.7. The minimum Gasteiger partial charge on any atom is -0.493 e. The Labute approximate surface area is 176 Å². The second-order valence-electron chi connectivity index (χ2n) is 6.90. The average Bonchev–Trinajstić information content (AvgIpc) is 3.04. The van der Waals surface area contributed by atoms with Crippen LogP contribution in [0.25, 0.3) is 6.08 Å². The van der Waals surface area contributed by atoms with E-state index in [0.717, 1.165) is 41.7 Å². The van der Waals surface area contributed by atoms with Crippen molar-refractivity contribution in [2.24, 2.45) is 0 Å². The zero-order valence-corrected chi connectivity index (χ0v) is 17.6. The minimum absolute atomic E-state index is 0.156. The van der Waals surface area contributed by atoms with Gasteiger partial charge in [-0.2, -0.15) is 0 Å². The third kappa shape index (κ3) is 6.12. The van der Waals surface area contributed by atoms with Gasteiger partial charge < -0.3 is 14.8 Å². The predicted octanol–water partition coefficient (Wildman–Crippen LogP) is 5.19. The van der Waals surface area contributed by atoms with E-state index in [4.69, 9.17) is 14.9 Å². The fraction of sp³-hybridized carbons (Fsp3) is 0.304.